The van der Waals surface area contributed by atoms with Crippen molar-refractivity contribution in [1.29, 1.82) is 0 Å². The maximum atomic E-state index is 12.3. The Morgan fingerprint density at radius 2 is 2.00 bits per heavy atom. The maximum absolute atomic E-state index is 12.3. The fourth-order valence-electron chi connectivity index (χ4n) is 2.01. The van der Waals surface area contributed by atoms with Crippen molar-refractivity contribution in [2.75, 3.05) is 5.32 Å². The predicted molar refractivity (Wildman–Crippen MR) is 81.7 cm³/mol. The van der Waals surface area contributed by atoms with Crippen molar-refractivity contribution in [3.8, 4) is 11.3 Å². The summed E-state index contributed by atoms with van der Waals surface area (Å²) < 4.78 is 5.32. The summed E-state index contributed by atoms with van der Waals surface area (Å²) in [5.41, 5.74) is 1.85. The number of aromatic amines is 1. The van der Waals surface area contributed by atoms with Crippen molar-refractivity contribution in [2.45, 2.75) is 6.92 Å². The van der Waals surface area contributed by atoms with Crippen molar-refractivity contribution in [3.63, 3.8) is 0 Å². The zero-order chi connectivity index (χ0) is 15.5. The Morgan fingerprint density at radius 1 is 1.23 bits per heavy atom. The van der Waals surface area contributed by atoms with Crippen molar-refractivity contribution in [3.05, 3.63) is 70.6 Å². The number of benzene rings is 1. The second-order valence-corrected chi connectivity index (χ2v) is 4.77. The molecule has 2 aromatic heterocycles. The van der Waals surface area contributed by atoms with Crippen LogP contribution in [0.25, 0.3) is 11.3 Å². The molecule has 2 N–H and O–H groups in total. The molecule has 0 bridgehead atoms. The van der Waals surface area contributed by atoms with Gasteiger partial charge in [-0.2, -0.15) is 0 Å². The number of nitrogens with zero attached hydrogens (tertiary/aromatic N) is 1. The van der Waals surface area contributed by atoms with Gasteiger partial charge in [0.15, 0.2) is 17.8 Å². The highest BCUT2D eigenvalue weighted by Crippen LogP contribution is 2.23. The molecular formula is C16H13N3O3. The fraction of sp³-hybridized carbons (Fsp3) is 0.0625. The van der Waals surface area contributed by atoms with E-state index in [1.165, 1.54) is 24.9 Å². The van der Waals surface area contributed by atoms with Crippen LogP contribution in [0.2, 0.25) is 0 Å². The Labute approximate surface area is 125 Å². The lowest BCUT2D eigenvalue weighted by Crippen LogP contribution is -2.18. The van der Waals surface area contributed by atoms with Gasteiger partial charge in [0.2, 0.25) is 5.43 Å². The summed E-state index contributed by atoms with van der Waals surface area (Å²) in [4.78, 5) is 30.6. The highest BCUT2D eigenvalue weighted by atomic mass is 16.3. The van der Waals surface area contributed by atoms with Crippen molar-refractivity contribution < 1.29 is 9.21 Å². The summed E-state index contributed by atoms with van der Waals surface area (Å²) >= 11 is 0. The molecule has 0 aliphatic carbocycles. The third-order valence-electron chi connectivity index (χ3n) is 3.17. The van der Waals surface area contributed by atoms with E-state index in [-0.39, 0.29) is 16.8 Å². The number of anilines is 1. The molecule has 0 fully saturated rings. The number of carbonyl (C=O) groups excluding carboxylic acids is 1. The Morgan fingerprint density at radius 3 is 2.73 bits per heavy atom. The number of H-pyrrole nitrogens is 1. The number of nitrogens with one attached hydrogen (secondary N) is 2. The van der Waals surface area contributed by atoms with E-state index < -0.39 is 5.91 Å². The van der Waals surface area contributed by atoms with Gasteiger partial charge < -0.3 is 14.7 Å². The summed E-state index contributed by atoms with van der Waals surface area (Å²) in [7, 11) is 0. The van der Waals surface area contributed by atoms with Crippen LogP contribution in [0.15, 0.2) is 58.3 Å². The van der Waals surface area contributed by atoms with Crippen LogP contribution in [-0.4, -0.2) is 15.9 Å². The van der Waals surface area contributed by atoms with Crippen LogP contribution in [-0.2, 0) is 0 Å². The van der Waals surface area contributed by atoms with Gasteiger partial charge in [-0.3, -0.25) is 9.59 Å². The quantitative estimate of drug-likeness (QED) is 0.777. The standard InChI is InChI=1S/C16H13N3O3/c1-10-2-4-11(5-3-10)15-14(18-9-22-15)16(21)19-12-8-17-7-6-13(12)20/h2-9H,1H3,(H,17,20)(H,19,21). The Bertz CT molecular complexity index is 863. The van der Waals surface area contributed by atoms with Crippen molar-refractivity contribution in [2.24, 2.45) is 0 Å². The average molecular weight is 295 g/mol. The number of aryl methyl sites for hydroxylation is 1. The fourth-order valence-corrected chi connectivity index (χ4v) is 2.01. The minimum Gasteiger partial charge on any atom is -0.443 e. The number of hydrogen-bond acceptors (Lipinski definition) is 4. The molecule has 0 unspecified atom stereocenters. The van der Waals surface area contributed by atoms with E-state index in [0.29, 0.717) is 5.76 Å². The lowest BCUT2D eigenvalue weighted by molar-refractivity contribution is 0.102. The molecule has 22 heavy (non-hydrogen) atoms. The molecule has 0 saturated heterocycles. The number of pyridine rings is 1. The Kier molecular flexibility index (Phi) is 3.57. The summed E-state index contributed by atoms with van der Waals surface area (Å²) in [6.07, 6.45) is 4.12. The van der Waals surface area contributed by atoms with Gasteiger partial charge in [0.05, 0.1) is 0 Å². The van der Waals surface area contributed by atoms with Gasteiger partial charge in [0.1, 0.15) is 5.69 Å². The molecule has 3 rings (SSSR count). The van der Waals surface area contributed by atoms with Crippen LogP contribution in [0.3, 0.4) is 0 Å². The minimum atomic E-state index is -0.499. The van der Waals surface area contributed by atoms with Gasteiger partial charge in [-0.15, -0.1) is 0 Å². The van der Waals surface area contributed by atoms with E-state index in [2.05, 4.69) is 15.3 Å². The van der Waals surface area contributed by atoms with Gasteiger partial charge in [0, 0.05) is 24.0 Å². The molecule has 110 valence electrons. The molecule has 6 heteroatoms. The number of carbonyl (C=O) groups is 1. The van der Waals surface area contributed by atoms with Crippen molar-refractivity contribution >= 4 is 11.6 Å². The number of hydrogen-bond donors (Lipinski definition) is 2. The molecule has 0 saturated carbocycles. The molecule has 6 nitrogen and oxygen atoms in total. The van der Waals surface area contributed by atoms with Crippen LogP contribution in [0.5, 0.6) is 0 Å². The van der Waals surface area contributed by atoms with E-state index in [9.17, 15) is 9.59 Å². The smallest absolute Gasteiger partial charge is 0.278 e. The second-order valence-electron chi connectivity index (χ2n) is 4.77. The molecule has 0 spiro atoms. The lowest BCUT2D eigenvalue weighted by atomic mass is 10.1. The lowest BCUT2D eigenvalue weighted by Gasteiger charge is -2.04. The molecule has 2 heterocycles. The van der Waals surface area contributed by atoms with Crippen LogP contribution in [0, 0.1) is 6.92 Å². The summed E-state index contributed by atoms with van der Waals surface area (Å²) in [5.74, 6) is -0.133. The molecule has 0 radical (unpaired) electrons. The molecule has 0 aliphatic heterocycles. The highest BCUT2D eigenvalue weighted by Gasteiger charge is 2.19. The van der Waals surface area contributed by atoms with Crippen LogP contribution in [0.4, 0.5) is 5.69 Å². The molecule has 0 atom stereocenters. The summed E-state index contributed by atoms with van der Waals surface area (Å²) in [5, 5.41) is 2.53. The zero-order valence-electron chi connectivity index (χ0n) is 11.8. The molecule has 3 aromatic rings. The Hall–Kier alpha value is -3.15. The van der Waals surface area contributed by atoms with E-state index in [4.69, 9.17) is 4.42 Å². The summed E-state index contributed by atoms with van der Waals surface area (Å²) in [6, 6.07) is 8.87. The normalized spacial score (nSPS) is 10.4. The first-order chi connectivity index (χ1) is 10.6. The molecule has 1 aromatic carbocycles. The van der Waals surface area contributed by atoms with Crippen molar-refractivity contribution in [1.82, 2.24) is 9.97 Å². The maximum Gasteiger partial charge on any atom is 0.278 e. The zero-order valence-corrected chi connectivity index (χ0v) is 11.8. The van der Waals surface area contributed by atoms with E-state index in [1.54, 1.807) is 0 Å². The topological polar surface area (TPSA) is 88.0 Å². The van der Waals surface area contributed by atoms with Gasteiger partial charge in [-0.25, -0.2) is 4.98 Å². The first-order valence-electron chi connectivity index (χ1n) is 6.64. The highest BCUT2D eigenvalue weighted by molar-refractivity contribution is 6.06. The number of amides is 1. The number of oxazole rings is 1. The predicted octanol–water partition coefficient (Wildman–Crippen LogP) is 2.59. The van der Waals surface area contributed by atoms with Gasteiger partial charge in [0.25, 0.3) is 5.91 Å². The number of aromatic nitrogens is 2. The Balaban J connectivity index is 1.91. The SMILES string of the molecule is Cc1ccc(-c2ocnc2C(=O)Nc2c[nH]ccc2=O)cc1. The monoisotopic (exact) mass is 295 g/mol. The second kappa shape index (κ2) is 5.69. The summed E-state index contributed by atoms with van der Waals surface area (Å²) in [6.45, 7) is 1.97. The van der Waals surface area contributed by atoms with Gasteiger partial charge in [-0.05, 0) is 6.92 Å². The van der Waals surface area contributed by atoms with Gasteiger partial charge in [-0.1, -0.05) is 29.8 Å². The molecular weight excluding hydrogens is 282 g/mol. The average Bonchev–Trinajstić information content (AvgIpc) is 3.00. The third-order valence-corrected chi connectivity index (χ3v) is 3.17. The van der Waals surface area contributed by atoms with Crippen LogP contribution in [0.1, 0.15) is 16.1 Å². The van der Waals surface area contributed by atoms with E-state index >= 15 is 0 Å². The van der Waals surface area contributed by atoms with E-state index in [0.717, 1.165) is 11.1 Å². The van der Waals surface area contributed by atoms with Gasteiger partial charge >= 0.3 is 0 Å². The van der Waals surface area contributed by atoms with Crippen LogP contribution >= 0.6 is 0 Å². The minimum absolute atomic E-state index is 0.132. The molecule has 0 aliphatic rings. The molecule has 1 amide bonds. The first kappa shape index (κ1) is 13.8. The van der Waals surface area contributed by atoms with E-state index in [1.807, 2.05) is 31.2 Å². The first-order valence-corrected chi connectivity index (χ1v) is 6.64. The van der Waals surface area contributed by atoms with Crippen LogP contribution < -0.4 is 10.7 Å². The number of rotatable bonds is 3. The third kappa shape index (κ3) is 2.67. The largest absolute Gasteiger partial charge is 0.443 e.